The molecule has 180 valence electrons. The molecular weight excluding hydrogens is 484 g/mol. The van der Waals surface area contributed by atoms with E-state index in [1.165, 1.54) is 24.3 Å². The van der Waals surface area contributed by atoms with E-state index in [0.717, 1.165) is 22.6 Å². The molecule has 1 aliphatic heterocycles. The van der Waals surface area contributed by atoms with Gasteiger partial charge in [0.25, 0.3) is 17.5 Å². The molecular formula is C25H19ClN6O4. The monoisotopic (exact) mass is 502 g/mol. The number of nitro groups is 1. The predicted octanol–water partition coefficient (Wildman–Crippen LogP) is 5.16. The van der Waals surface area contributed by atoms with Crippen molar-refractivity contribution >= 4 is 40.8 Å². The molecule has 2 N–H and O–H groups in total. The Morgan fingerprint density at radius 3 is 2.58 bits per heavy atom. The Balaban J connectivity index is 1.49. The highest BCUT2D eigenvalue weighted by atomic mass is 35.5. The smallest absolute Gasteiger partial charge is 0.270 e. The minimum atomic E-state index is -0.562. The van der Waals surface area contributed by atoms with Gasteiger partial charge in [-0.1, -0.05) is 41.9 Å². The number of hydrogen-bond donors (Lipinski definition) is 2. The number of hydrogen-bond acceptors (Lipinski definition) is 7. The van der Waals surface area contributed by atoms with Gasteiger partial charge in [0.1, 0.15) is 11.8 Å². The second kappa shape index (κ2) is 9.51. The van der Waals surface area contributed by atoms with E-state index in [9.17, 15) is 14.9 Å². The summed E-state index contributed by atoms with van der Waals surface area (Å²) in [6.07, 6.45) is 2.00. The molecule has 11 heteroatoms. The summed E-state index contributed by atoms with van der Waals surface area (Å²) in [4.78, 5) is 27.7. The van der Waals surface area contributed by atoms with Crippen molar-refractivity contribution in [2.75, 3.05) is 17.7 Å². The Hall–Kier alpha value is -4.70. The minimum absolute atomic E-state index is 0.0540. The number of carbonyl (C=O) groups excluding carboxylic acids is 1. The molecule has 1 atom stereocenters. The molecule has 0 unspecified atom stereocenters. The van der Waals surface area contributed by atoms with Gasteiger partial charge in [-0.15, -0.1) is 5.10 Å². The fourth-order valence-electron chi connectivity index (χ4n) is 3.82. The van der Waals surface area contributed by atoms with Gasteiger partial charge in [0.2, 0.25) is 5.95 Å². The van der Waals surface area contributed by atoms with E-state index >= 15 is 0 Å². The quantitative estimate of drug-likeness (QED) is 0.276. The first-order valence-electron chi connectivity index (χ1n) is 10.8. The van der Waals surface area contributed by atoms with Crippen molar-refractivity contribution in [2.45, 2.75) is 6.04 Å². The molecule has 1 aliphatic rings. The second-order valence-electron chi connectivity index (χ2n) is 7.90. The lowest BCUT2D eigenvalue weighted by Gasteiger charge is -2.24. The van der Waals surface area contributed by atoms with Crippen LogP contribution in [0, 0.1) is 10.1 Å². The van der Waals surface area contributed by atoms with Crippen molar-refractivity contribution in [2.24, 2.45) is 0 Å². The third-order valence-corrected chi connectivity index (χ3v) is 5.87. The zero-order valence-electron chi connectivity index (χ0n) is 18.9. The summed E-state index contributed by atoms with van der Waals surface area (Å²) in [6, 6.07) is 20.1. The molecule has 0 radical (unpaired) electrons. The molecule has 1 aromatic heterocycles. The van der Waals surface area contributed by atoms with Crippen LogP contribution in [0.5, 0.6) is 5.75 Å². The number of halogens is 1. The number of allylic oxidation sites excluding steroid dienone is 1. The minimum Gasteiger partial charge on any atom is -0.497 e. The summed E-state index contributed by atoms with van der Waals surface area (Å²) < 4.78 is 6.93. The van der Waals surface area contributed by atoms with Crippen LogP contribution in [0.3, 0.4) is 0 Å². The Bertz CT molecular complexity index is 1480. The standard InChI is InChI=1S/C25H19ClN6O4/c1-36-20-11-7-16(8-12-20)22-14-21(15-5-9-18(26)10-6-15)27-25-29-24(30-31(22)25)28-23(33)17-3-2-4-19(13-17)32(34)35/h2-14,22H,1H3,(H2,27,28,29,30,33)/t22-/m0/s1. The van der Waals surface area contributed by atoms with Crippen LogP contribution in [-0.2, 0) is 0 Å². The highest BCUT2D eigenvalue weighted by Crippen LogP contribution is 2.34. The fraction of sp³-hybridized carbons (Fsp3) is 0.0800. The number of carbonyl (C=O) groups is 1. The van der Waals surface area contributed by atoms with E-state index in [4.69, 9.17) is 16.3 Å². The first-order chi connectivity index (χ1) is 17.4. The number of fused-ring (bicyclic) bond motifs is 1. The normalized spacial score (nSPS) is 14.3. The highest BCUT2D eigenvalue weighted by Gasteiger charge is 2.26. The molecule has 36 heavy (non-hydrogen) atoms. The first kappa shape index (κ1) is 23.1. The van der Waals surface area contributed by atoms with Crippen molar-refractivity contribution in [3.8, 4) is 5.75 Å². The molecule has 1 amide bonds. The fourth-order valence-corrected chi connectivity index (χ4v) is 3.94. The van der Waals surface area contributed by atoms with Crippen LogP contribution in [0.4, 0.5) is 17.6 Å². The molecule has 3 aromatic carbocycles. The first-order valence-corrected chi connectivity index (χ1v) is 11.2. The van der Waals surface area contributed by atoms with Crippen LogP contribution in [0.1, 0.15) is 27.5 Å². The third-order valence-electron chi connectivity index (χ3n) is 5.62. The van der Waals surface area contributed by atoms with E-state index in [1.54, 1.807) is 23.9 Å². The van der Waals surface area contributed by atoms with Gasteiger partial charge in [0.15, 0.2) is 0 Å². The molecule has 5 rings (SSSR count). The van der Waals surface area contributed by atoms with E-state index in [-0.39, 0.29) is 23.2 Å². The maximum atomic E-state index is 12.8. The topological polar surface area (TPSA) is 124 Å². The van der Waals surface area contributed by atoms with Crippen molar-refractivity contribution in [1.29, 1.82) is 0 Å². The molecule has 0 saturated carbocycles. The summed E-state index contributed by atoms with van der Waals surface area (Å²) in [5.41, 5.74) is 2.55. The Kier molecular flexibility index (Phi) is 6.09. The lowest BCUT2D eigenvalue weighted by Crippen LogP contribution is -2.20. The van der Waals surface area contributed by atoms with Crippen molar-refractivity contribution in [3.05, 3.63) is 111 Å². The van der Waals surface area contributed by atoms with Gasteiger partial charge in [0.05, 0.1) is 12.0 Å². The maximum absolute atomic E-state index is 12.8. The van der Waals surface area contributed by atoms with Gasteiger partial charge >= 0.3 is 0 Å². The number of nitrogens with one attached hydrogen (secondary N) is 2. The average molecular weight is 503 g/mol. The number of methoxy groups -OCH3 is 1. The highest BCUT2D eigenvalue weighted by molar-refractivity contribution is 6.30. The van der Waals surface area contributed by atoms with Crippen molar-refractivity contribution in [3.63, 3.8) is 0 Å². The van der Waals surface area contributed by atoms with E-state index in [0.29, 0.717) is 11.0 Å². The lowest BCUT2D eigenvalue weighted by molar-refractivity contribution is -0.384. The molecule has 0 spiro atoms. The van der Waals surface area contributed by atoms with Crippen LogP contribution in [-0.4, -0.2) is 32.7 Å². The Labute approximate surface area is 210 Å². The Morgan fingerprint density at radius 2 is 1.89 bits per heavy atom. The van der Waals surface area contributed by atoms with Crippen LogP contribution in [0.25, 0.3) is 5.70 Å². The van der Waals surface area contributed by atoms with E-state index in [2.05, 4.69) is 20.7 Å². The third kappa shape index (κ3) is 4.62. The summed E-state index contributed by atoms with van der Waals surface area (Å²) >= 11 is 6.06. The summed E-state index contributed by atoms with van der Waals surface area (Å²) in [7, 11) is 1.60. The summed E-state index contributed by atoms with van der Waals surface area (Å²) in [5.74, 6) is 0.628. The zero-order valence-corrected chi connectivity index (χ0v) is 19.6. The number of benzene rings is 3. The molecule has 0 saturated heterocycles. The number of nitrogens with zero attached hydrogens (tertiary/aromatic N) is 4. The van der Waals surface area contributed by atoms with Gasteiger partial charge in [-0.05, 0) is 47.5 Å². The number of nitro benzene ring substituents is 1. The summed E-state index contributed by atoms with van der Waals surface area (Å²) in [5, 5.41) is 22.1. The van der Waals surface area contributed by atoms with Crippen LogP contribution < -0.4 is 15.4 Å². The van der Waals surface area contributed by atoms with Crippen molar-refractivity contribution < 1.29 is 14.5 Å². The lowest BCUT2D eigenvalue weighted by atomic mass is 10.0. The molecule has 0 aliphatic carbocycles. The number of ether oxygens (including phenoxy) is 1. The number of rotatable bonds is 6. The maximum Gasteiger partial charge on any atom is 0.270 e. The largest absolute Gasteiger partial charge is 0.497 e. The molecule has 10 nitrogen and oxygen atoms in total. The van der Waals surface area contributed by atoms with E-state index < -0.39 is 10.8 Å². The molecule has 0 bridgehead atoms. The molecule has 4 aromatic rings. The number of non-ortho nitro benzene ring substituents is 1. The van der Waals surface area contributed by atoms with Crippen LogP contribution in [0.2, 0.25) is 5.02 Å². The van der Waals surface area contributed by atoms with Gasteiger partial charge in [-0.3, -0.25) is 20.2 Å². The number of anilines is 2. The van der Waals surface area contributed by atoms with Crippen LogP contribution in [0.15, 0.2) is 78.9 Å². The van der Waals surface area contributed by atoms with Gasteiger partial charge in [-0.2, -0.15) is 4.98 Å². The molecule has 0 fully saturated rings. The second-order valence-corrected chi connectivity index (χ2v) is 8.33. The van der Waals surface area contributed by atoms with Gasteiger partial charge in [0, 0.05) is 28.4 Å². The average Bonchev–Trinajstić information content (AvgIpc) is 3.31. The predicted molar refractivity (Wildman–Crippen MR) is 135 cm³/mol. The van der Waals surface area contributed by atoms with Crippen LogP contribution >= 0.6 is 11.6 Å². The zero-order chi connectivity index (χ0) is 25.2. The SMILES string of the molecule is COc1ccc([C@@H]2C=C(c3ccc(Cl)cc3)Nc3nc(NC(=O)c4cccc([N+](=O)[O-])c4)nn32)cc1. The van der Waals surface area contributed by atoms with E-state index in [1.807, 2.05) is 42.5 Å². The number of amides is 1. The molecule has 2 heterocycles. The number of aromatic nitrogens is 3. The van der Waals surface area contributed by atoms with Gasteiger partial charge < -0.3 is 10.1 Å². The summed E-state index contributed by atoms with van der Waals surface area (Å²) in [6.45, 7) is 0. The van der Waals surface area contributed by atoms with Crippen molar-refractivity contribution in [1.82, 2.24) is 14.8 Å². The Morgan fingerprint density at radius 1 is 1.14 bits per heavy atom. The van der Waals surface area contributed by atoms with Gasteiger partial charge in [-0.25, -0.2) is 4.68 Å².